The van der Waals surface area contributed by atoms with Crippen LogP contribution in [0, 0.1) is 30.1 Å². The van der Waals surface area contributed by atoms with Gasteiger partial charge in [-0.25, -0.2) is 9.78 Å². The molecule has 8 heteroatoms. The molecule has 5 aliphatic rings. The summed E-state index contributed by atoms with van der Waals surface area (Å²) in [5, 5.41) is 10.4. The highest BCUT2D eigenvalue weighted by Crippen LogP contribution is 2.60. The summed E-state index contributed by atoms with van der Waals surface area (Å²) in [4.78, 5) is 45.4. The van der Waals surface area contributed by atoms with E-state index >= 15 is 0 Å². The van der Waals surface area contributed by atoms with Crippen molar-refractivity contribution in [2.45, 2.75) is 70.6 Å². The Morgan fingerprint density at radius 3 is 2.50 bits per heavy atom. The van der Waals surface area contributed by atoms with Crippen LogP contribution in [0.25, 0.3) is 5.65 Å². The number of hydrogen-bond acceptors (Lipinski definition) is 6. The van der Waals surface area contributed by atoms with Gasteiger partial charge in [-0.3, -0.25) is 14.0 Å². The molecule has 34 heavy (non-hydrogen) atoms. The van der Waals surface area contributed by atoms with Gasteiger partial charge in [0, 0.05) is 25.2 Å². The van der Waals surface area contributed by atoms with Crippen LogP contribution < -0.4 is 5.56 Å². The molecule has 5 fully saturated rings. The predicted octanol–water partition coefficient (Wildman–Crippen LogP) is 2.22. The summed E-state index contributed by atoms with van der Waals surface area (Å²) in [6, 6.07) is 4.22. The van der Waals surface area contributed by atoms with Crippen molar-refractivity contribution in [2.24, 2.45) is 23.2 Å². The Bertz CT molecular complexity index is 1190. The van der Waals surface area contributed by atoms with E-state index in [1.165, 1.54) is 29.7 Å². The van der Waals surface area contributed by atoms with Crippen LogP contribution in [0.3, 0.4) is 0 Å². The third kappa shape index (κ3) is 3.54. The molecular formula is C26H31N3O5. The van der Waals surface area contributed by atoms with Crippen molar-refractivity contribution < 1.29 is 19.4 Å². The SMILES string of the molecule is Cc1cccn2c(=O)cc(COC(=O)[C@@H]3CC(O)CN3C(=O)C34CC5CC(CC(C5)C3)C4)nc12. The molecule has 2 aromatic heterocycles. The predicted molar refractivity (Wildman–Crippen MR) is 123 cm³/mol. The number of aromatic nitrogens is 2. The molecule has 1 saturated heterocycles. The Labute approximate surface area is 197 Å². The number of fused-ring (bicyclic) bond motifs is 1. The summed E-state index contributed by atoms with van der Waals surface area (Å²) in [6.45, 7) is 1.89. The Kier molecular flexibility index (Phi) is 5.06. The number of aryl methyl sites for hydroxylation is 1. The molecule has 0 radical (unpaired) electrons. The molecular weight excluding hydrogens is 434 g/mol. The van der Waals surface area contributed by atoms with Crippen molar-refractivity contribution >= 4 is 17.5 Å². The molecule has 4 aliphatic carbocycles. The zero-order valence-electron chi connectivity index (χ0n) is 19.5. The van der Waals surface area contributed by atoms with Gasteiger partial charge in [0.25, 0.3) is 5.56 Å². The first-order chi connectivity index (χ1) is 16.3. The van der Waals surface area contributed by atoms with Crippen molar-refractivity contribution in [1.82, 2.24) is 14.3 Å². The van der Waals surface area contributed by atoms with Crippen LogP contribution in [0.5, 0.6) is 0 Å². The first-order valence-electron chi connectivity index (χ1n) is 12.4. The molecule has 0 spiro atoms. The second kappa shape index (κ2) is 7.90. The molecule has 1 unspecified atom stereocenters. The van der Waals surface area contributed by atoms with E-state index in [1.54, 1.807) is 17.2 Å². The molecule has 0 aromatic carbocycles. The van der Waals surface area contributed by atoms with Crippen LogP contribution in [0.4, 0.5) is 0 Å². The Hall–Kier alpha value is -2.74. The fourth-order valence-electron chi connectivity index (χ4n) is 7.56. The highest BCUT2D eigenvalue weighted by atomic mass is 16.5. The summed E-state index contributed by atoms with van der Waals surface area (Å²) >= 11 is 0. The third-order valence-corrected chi connectivity index (χ3v) is 8.61. The quantitative estimate of drug-likeness (QED) is 0.695. The van der Waals surface area contributed by atoms with Crippen LogP contribution >= 0.6 is 0 Å². The molecule has 7 rings (SSSR count). The fourth-order valence-corrected chi connectivity index (χ4v) is 7.56. The molecule has 1 amide bonds. The van der Waals surface area contributed by atoms with E-state index in [9.17, 15) is 19.5 Å². The number of carbonyl (C=O) groups is 2. The van der Waals surface area contributed by atoms with Crippen molar-refractivity contribution in [3.05, 3.63) is 46.0 Å². The number of likely N-dealkylation sites (tertiary alicyclic amines) is 1. The zero-order valence-corrected chi connectivity index (χ0v) is 19.5. The van der Waals surface area contributed by atoms with Gasteiger partial charge in [-0.05, 0) is 74.8 Å². The lowest BCUT2D eigenvalue weighted by atomic mass is 9.49. The highest BCUT2D eigenvalue weighted by Gasteiger charge is 2.57. The molecule has 3 heterocycles. The fraction of sp³-hybridized carbons (Fsp3) is 0.615. The standard InChI is InChI=1S/C26H31N3O5/c1-15-3-2-4-28-22(31)8-19(27-23(15)28)14-34-24(32)21-9-20(30)13-29(21)25(33)26-10-16-5-17(11-26)7-18(6-16)12-26/h2-4,8,16-18,20-21,30H,5-7,9-14H2,1H3/t16?,17?,18?,20?,21-,26?/m0/s1. The monoisotopic (exact) mass is 465 g/mol. The average Bonchev–Trinajstić information content (AvgIpc) is 3.18. The number of amides is 1. The zero-order chi connectivity index (χ0) is 23.6. The number of ether oxygens (including phenoxy) is 1. The minimum absolute atomic E-state index is 0.0304. The summed E-state index contributed by atoms with van der Waals surface area (Å²) in [5.41, 5.74) is 1.12. The van der Waals surface area contributed by atoms with Crippen LogP contribution in [-0.2, 0) is 20.9 Å². The van der Waals surface area contributed by atoms with Gasteiger partial charge >= 0.3 is 5.97 Å². The second-order valence-corrected chi connectivity index (χ2v) is 11.1. The smallest absolute Gasteiger partial charge is 0.329 e. The van der Waals surface area contributed by atoms with E-state index in [1.807, 2.05) is 13.0 Å². The summed E-state index contributed by atoms with van der Waals surface area (Å²) in [7, 11) is 0. The molecule has 4 bridgehead atoms. The third-order valence-electron chi connectivity index (χ3n) is 8.61. The lowest BCUT2D eigenvalue weighted by Crippen LogP contribution is -2.56. The van der Waals surface area contributed by atoms with E-state index in [0.717, 1.165) is 24.8 Å². The number of nitrogens with zero attached hydrogens (tertiary/aromatic N) is 3. The van der Waals surface area contributed by atoms with E-state index in [4.69, 9.17) is 4.74 Å². The molecule has 180 valence electrons. The molecule has 4 saturated carbocycles. The lowest BCUT2D eigenvalue weighted by molar-refractivity contribution is -0.166. The first-order valence-corrected chi connectivity index (χ1v) is 12.4. The number of aliphatic hydroxyl groups excluding tert-OH is 1. The van der Waals surface area contributed by atoms with E-state index in [2.05, 4.69) is 4.98 Å². The van der Waals surface area contributed by atoms with E-state index < -0.39 is 18.1 Å². The molecule has 2 atom stereocenters. The van der Waals surface area contributed by atoms with Gasteiger partial charge in [-0.2, -0.15) is 0 Å². The maximum atomic E-state index is 13.8. The lowest BCUT2D eigenvalue weighted by Gasteiger charge is -2.56. The minimum Gasteiger partial charge on any atom is -0.458 e. The topological polar surface area (TPSA) is 101 Å². The largest absolute Gasteiger partial charge is 0.458 e. The Morgan fingerprint density at radius 1 is 1.15 bits per heavy atom. The normalized spacial score (nSPS) is 34.1. The average molecular weight is 466 g/mol. The molecule has 1 aliphatic heterocycles. The number of aliphatic hydroxyl groups is 1. The minimum atomic E-state index is -0.793. The maximum absolute atomic E-state index is 13.8. The van der Waals surface area contributed by atoms with Gasteiger partial charge in [0.2, 0.25) is 5.91 Å². The van der Waals surface area contributed by atoms with Gasteiger partial charge in [-0.1, -0.05) is 6.07 Å². The van der Waals surface area contributed by atoms with Gasteiger partial charge in [0.15, 0.2) is 0 Å². The van der Waals surface area contributed by atoms with Crippen molar-refractivity contribution in [3.63, 3.8) is 0 Å². The van der Waals surface area contributed by atoms with Crippen LogP contribution in [-0.4, -0.2) is 50.0 Å². The molecule has 1 N–H and O–H groups in total. The van der Waals surface area contributed by atoms with Crippen LogP contribution in [0.2, 0.25) is 0 Å². The summed E-state index contributed by atoms with van der Waals surface area (Å²) in [6.07, 6.45) is 7.55. The summed E-state index contributed by atoms with van der Waals surface area (Å²) in [5.74, 6) is 1.35. The van der Waals surface area contributed by atoms with Crippen molar-refractivity contribution in [2.75, 3.05) is 6.54 Å². The number of rotatable bonds is 4. The van der Waals surface area contributed by atoms with Crippen LogP contribution in [0.1, 0.15) is 56.2 Å². The number of carbonyl (C=O) groups excluding carboxylic acids is 2. The van der Waals surface area contributed by atoms with Gasteiger partial charge in [0.05, 0.1) is 17.2 Å². The molecule has 2 aromatic rings. The van der Waals surface area contributed by atoms with Crippen molar-refractivity contribution in [3.8, 4) is 0 Å². The number of β-amino-alcohol motifs (C(OH)–C–C–N with tert-alkyl or cyclic N) is 1. The maximum Gasteiger partial charge on any atom is 0.329 e. The number of esters is 1. The Balaban J connectivity index is 1.19. The molecule has 8 nitrogen and oxygen atoms in total. The van der Waals surface area contributed by atoms with Gasteiger partial charge < -0.3 is 14.7 Å². The van der Waals surface area contributed by atoms with Crippen LogP contribution in [0.15, 0.2) is 29.2 Å². The van der Waals surface area contributed by atoms with E-state index in [0.29, 0.717) is 29.1 Å². The van der Waals surface area contributed by atoms with Gasteiger partial charge in [0.1, 0.15) is 18.3 Å². The number of hydrogen-bond donors (Lipinski definition) is 1. The van der Waals surface area contributed by atoms with E-state index in [-0.39, 0.29) is 36.5 Å². The highest BCUT2D eigenvalue weighted by molar-refractivity contribution is 5.89. The Morgan fingerprint density at radius 2 is 1.82 bits per heavy atom. The summed E-state index contributed by atoms with van der Waals surface area (Å²) < 4.78 is 7.01. The van der Waals surface area contributed by atoms with Crippen molar-refractivity contribution in [1.29, 1.82) is 0 Å². The van der Waals surface area contributed by atoms with Gasteiger partial charge in [-0.15, -0.1) is 0 Å². The first kappa shape index (κ1) is 21.8. The number of pyridine rings is 1. The second-order valence-electron chi connectivity index (χ2n) is 11.1.